The lowest BCUT2D eigenvalue weighted by molar-refractivity contribution is 0.647. The molecule has 0 fully saturated rings. The summed E-state index contributed by atoms with van der Waals surface area (Å²) in [4.78, 5) is 0. The van der Waals surface area contributed by atoms with Crippen molar-refractivity contribution < 1.29 is 0 Å². The highest BCUT2D eigenvalue weighted by molar-refractivity contribution is 7.08. The van der Waals surface area contributed by atoms with Gasteiger partial charge >= 0.3 is 0 Å². The van der Waals surface area contributed by atoms with E-state index < -0.39 is 0 Å². The minimum atomic E-state index is 0.727. The molecule has 0 spiro atoms. The normalized spacial score (nSPS) is 10.8. The molecular formula is C15H19NS. The fraction of sp³-hybridized carbons (Fsp3) is 0.333. The average Bonchev–Trinajstić information content (AvgIpc) is 2.80. The van der Waals surface area contributed by atoms with Crippen LogP contribution in [-0.4, -0.2) is 0 Å². The minimum absolute atomic E-state index is 0.727. The Balaban J connectivity index is 1.89. The van der Waals surface area contributed by atoms with E-state index in [0.29, 0.717) is 0 Å². The maximum absolute atomic E-state index is 3.41. The highest BCUT2D eigenvalue weighted by Gasteiger charge is 1.98. The van der Waals surface area contributed by atoms with E-state index >= 15 is 0 Å². The molecule has 90 valence electrons. The summed E-state index contributed by atoms with van der Waals surface area (Å²) in [6, 6.07) is 11.0. The molecule has 0 aliphatic heterocycles. The zero-order chi connectivity index (χ0) is 12.1. The van der Waals surface area contributed by atoms with Crippen molar-refractivity contribution in [1.82, 2.24) is 0 Å². The van der Waals surface area contributed by atoms with Gasteiger partial charge in [0, 0.05) is 17.6 Å². The fourth-order valence-corrected chi connectivity index (χ4v) is 2.45. The summed E-state index contributed by atoms with van der Waals surface area (Å²) in [5, 5.41) is 7.63. The van der Waals surface area contributed by atoms with Crippen LogP contribution in [0.2, 0.25) is 0 Å². The van der Waals surface area contributed by atoms with E-state index in [-0.39, 0.29) is 0 Å². The van der Waals surface area contributed by atoms with Crippen molar-refractivity contribution >= 4 is 17.0 Å². The highest BCUT2D eigenvalue weighted by Crippen LogP contribution is 2.14. The van der Waals surface area contributed by atoms with E-state index in [0.717, 1.165) is 18.9 Å². The van der Waals surface area contributed by atoms with Gasteiger partial charge in [0.15, 0.2) is 0 Å². The Bertz CT molecular complexity index is 428. The van der Waals surface area contributed by atoms with E-state index in [9.17, 15) is 0 Å². The minimum Gasteiger partial charge on any atom is -0.380 e. The van der Waals surface area contributed by atoms with Gasteiger partial charge in [-0.15, -0.1) is 0 Å². The molecule has 0 saturated heterocycles. The molecule has 2 rings (SSSR count). The number of benzene rings is 1. The monoisotopic (exact) mass is 245 g/mol. The summed E-state index contributed by atoms with van der Waals surface area (Å²) in [5.41, 5.74) is 3.98. The third kappa shape index (κ3) is 3.90. The molecule has 0 bridgehead atoms. The van der Waals surface area contributed by atoms with Crippen molar-refractivity contribution in [2.45, 2.75) is 26.8 Å². The van der Waals surface area contributed by atoms with Crippen LogP contribution in [0.25, 0.3) is 0 Å². The summed E-state index contributed by atoms with van der Waals surface area (Å²) in [7, 11) is 0. The van der Waals surface area contributed by atoms with Crippen LogP contribution in [0.5, 0.6) is 0 Å². The standard InChI is InChI=1S/C15H19NS/c1-12(2)9-13-3-5-14(6-4-13)10-16-15-7-8-17-11-15/h3-8,11-12,16H,9-10H2,1-2H3. The van der Waals surface area contributed by atoms with Crippen molar-refractivity contribution in [1.29, 1.82) is 0 Å². The van der Waals surface area contributed by atoms with E-state index in [1.807, 2.05) is 0 Å². The van der Waals surface area contributed by atoms with Crippen LogP contribution in [0.3, 0.4) is 0 Å². The van der Waals surface area contributed by atoms with Crippen molar-refractivity contribution in [2.24, 2.45) is 5.92 Å². The molecule has 0 unspecified atom stereocenters. The van der Waals surface area contributed by atoms with Crippen LogP contribution in [0, 0.1) is 5.92 Å². The predicted octanol–water partition coefficient (Wildman–Crippen LogP) is 4.56. The van der Waals surface area contributed by atoms with Gasteiger partial charge in [0.05, 0.1) is 0 Å². The van der Waals surface area contributed by atoms with Gasteiger partial charge in [0.1, 0.15) is 0 Å². The third-order valence-corrected chi connectivity index (χ3v) is 3.37. The van der Waals surface area contributed by atoms with Crippen LogP contribution in [0.15, 0.2) is 41.1 Å². The number of rotatable bonds is 5. The molecule has 0 aliphatic carbocycles. The first kappa shape index (κ1) is 12.2. The fourth-order valence-electron chi connectivity index (χ4n) is 1.83. The topological polar surface area (TPSA) is 12.0 Å². The molecule has 0 atom stereocenters. The molecule has 1 aromatic heterocycles. The van der Waals surface area contributed by atoms with Gasteiger partial charge in [-0.2, -0.15) is 11.3 Å². The van der Waals surface area contributed by atoms with Crippen LogP contribution < -0.4 is 5.32 Å². The second-order valence-corrected chi connectivity index (χ2v) is 5.56. The molecule has 1 N–H and O–H groups in total. The Morgan fingerprint density at radius 1 is 1.06 bits per heavy atom. The summed E-state index contributed by atoms with van der Waals surface area (Å²) in [5.74, 6) is 0.727. The second kappa shape index (κ2) is 5.87. The van der Waals surface area contributed by atoms with Gasteiger partial charge < -0.3 is 5.32 Å². The first-order valence-electron chi connectivity index (χ1n) is 6.08. The molecule has 2 aromatic rings. The lowest BCUT2D eigenvalue weighted by atomic mass is 10.0. The molecule has 17 heavy (non-hydrogen) atoms. The van der Waals surface area contributed by atoms with Crippen LogP contribution in [-0.2, 0) is 13.0 Å². The third-order valence-electron chi connectivity index (χ3n) is 2.68. The van der Waals surface area contributed by atoms with Crippen LogP contribution >= 0.6 is 11.3 Å². The Morgan fingerprint density at radius 3 is 2.35 bits per heavy atom. The molecule has 1 heterocycles. The molecule has 1 nitrogen and oxygen atoms in total. The lowest BCUT2D eigenvalue weighted by Crippen LogP contribution is -1.99. The number of hydrogen-bond donors (Lipinski definition) is 1. The summed E-state index contributed by atoms with van der Waals surface area (Å²) in [6.07, 6.45) is 1.16. The van der Waals surface area contributed by atoms with Gasteiger partial charge in [-0.1, -0.05) is 38.1 Å². The maximum atomic E-state index is 3.41. The molecular weight excluding hydrogens is 226 g/mol. The SMILES string of the molecule is CC(C)Cc1ccc(CNc2ccsc2)cc1. The van der Waals surface area contributed by atoms with Gasteiger partial charge in [-0.25, -0.2) is 0 Å². The Labute approximate surface area is 108 Å². The second-order valence-electron chi connectivity index (χ2n) is 4.78. The van der Waals surface area contributed by atoms with Gasteiger partial charge in [-0.05, 0) is 34.9 Å². The predicted molar refractivity (Wildman–Crippen MR) is 76.6 cm³/mol. The van der Waals surface area contributed by atoms with E-state index in [2.05, 4.69) is 60.3 Å². The molecule has 0 radical (unpaired) electrons. The number of hydrogen-bond acceptors (Lipinski definition) is 2. The Hall–Kier alpha value is -1.28. The first-order valence-corrected chi connectivity index (χ1v) is 7.02. The Morgan fingerprint density at radius 2 is 1.76 bits per heavy atom. The maximum Gasteiger partial charge on any atom is 0.0451 e. The van der Waals surface area contributed by atoms with Crippen LogP contribution in [0.1, 0.15) is 25.0 Å². The van der Waals surface area contributed by atoms with E-state index in [1.54, 1.807) is 11.3 Å². The Kier molecular flexibility index (Phi) is 4.21. The summed E-state index contributed by atoms with van der Waals surface area (Å²) < 4.78 is 0. The number of anilines is 1. The zero-order valence-corrected chi connectivity index (χ0v) is 11.3. The van der Waals surface area contributed by atoms with Crippen LogP contribution in [0.4, 0.5) is 5.69 Å². The molecule has 2 heteroatoms. The smallest absolute Gasteiger partial charge is 0.0451 e. The quantitative estimate of drug-likeness (QED) is 0.814. The number of thiophene rings is 1. The van der Waals surface area contributed by atoms with Crippen molar-refractivity contribution in [3.05, 3.63) is 52.2 Å². The van der Waals surface area contributed by atoms with Crippen molar-refractivity contribution in [3.63, 3.8) is 0 Å². The van der Waals surface area contributed by atoms with Gasteiger partial charge in [0.2, 0.25) is 0 Å². The number of nitrogens with one attached hydrogen (secondary N) is 1. The lowest BCUT2D eigenvalue weighted by Gasteiger charge is -2.07. The highest BCUT2D eigenvalue weighted by atomic mass is 32.1. The first-order chi connectivity index (χ1) is 8.24. The van der Waals surface area contributed by atoms with Gasteiger partial charge in [-0.3, -0.25) is 0 Å². The largest absolute Gasteiger partial charge is 0.380 e. The van der Waals surface area contributed by atoms with Gasteiger partial charge in [0.25, 0.3) is 0 Å². The summed E-state index contributed by atoms with van der Waals surface area (Å²) >= 11 is 1.72. The van der Waals surface area contributed by atoms with E-state index in [1.165, 1.54) is 16.8 Å². The molecule has 0 amide bonds. The zero-order valence-electron chi connectivity index (χ0n) is 10.4. The molecule has 0 saturated carbocycles. The molecule has 0 aliphatic rings. The summed E-state index contributed by atoms with van der Waals surface area (Å²) in [6.45, 7) is 5.41. The molecule has 1 aromatic carbocycles. The van der Waals surface area contributed by atoms with Crippen molar-refractivity contribution in [3.8, 4) is 0 Å². The van der Waals surface area contributed by atoms with Crippen molar-refractivity contribution in [2.75, 3.05) is 5.32 Å². The average molecular weight is 245 g/mol. The van der Waals surface area contributed by atoms with E-state index in [4.69, 9.17) is 0 Å².